The van der Waals surface area contributed by atoms with Crippen LogP contribution in [0, 0.1) is 11.3 Å². The van der Waals surface area contributed by atoms with Gasteiger partial charge in [-0.05, 0) is 31.2 Å². The lowest BCUT2D eigenvalue weighted by Crippen LogP contribution is -2.26. The van der Waals surface area contributed by atoms with Gasteiger partial charge in [-0.3, -0.25) is 0 Å². The molecule has 0 saturated carbocycles. The molecule has 0 fully saturated rings. The Balaban J connectivity index is 2.55. The summed E-state index contributed by atoms with van der Waals surface area (Å²) in [6.45, 7) is 0. The average molecular weight is 201 g/mol. The Labute approximate surface area is 90.5 Å². The highest BCUT2D eigenvalue weighted by atomic mass is 16.5. The lowest BCUT2D eigenvalue weighted by Gasteiger charge is -2.25. The van der Waals surface area contributed by atoms with Crippen LogP contribution in [0.5, 0.6) is 0 Å². The van der Waals surface area contributed by atoms with Gasteiger partial charge in [0.15, 0.2) is 5.60 Å². The van der Waals surface area contributed by atoms with Gasteiger partial charge in [-0.2, -0.15) is 5.26 Å². The highest BCUT2D eigenvalue weighted by molar-refractivity contribution is 5.38. The van der Waals surface area contributed by atoms with Gasteiger partial charge >= 0.3 is 0 Å². The molecular weight excluding hydrogens is 186 g/mol. The van der Waals surface area contributed by atoms with Crippen molar-refractivity contribution in [3.63, 3.8) is 0 Å². The largest absolute Gasteiger partial charge is 0.359 e. The highest BCUT2D eigenvalue weighted by Crippen LogP contribution is 2.36. The van der Waals surface area contributed by atoms with Gasteiger partial charge < -0.3 is 4.74 Å². The van der Waals surface area contributed by atoms with Crippen LogP contribution in [0.15, 0.2) is 24.3 Å². The molecule has 78 valence electrons. The van der Waals surface area contributed by atoms with Crippen molar-refractivity contribution in [3.05, 3.63) is 35.4 Å². The number of ether oxygens (including phenoxy) is 1. The lowest BCUT2D eigenvalue weighted by atomic mass is 9.89. The highest BCUT2D eigenvalue weighted by Gasteiger charge is 2.35. The van der Waals surface area contributed by atoms with Gasteiger partial charge in [-0.25, -0.2) is 0 Å². The van der Waals surface area contributed by atoms with Crippen LogP contribution in [-0.4, -0.2) is 7.11 Å². The standard InChI is InChI=1S/C13H15NO/c1-15-13(10-14)9-5-4-7-11-6-2-3-8-12(11)13/h2-3,6,8H,4-5,7,9H2,1H3. The van der Waals surface area contributed by atoms with Crippen molar-refractivity contribution in [2.24, 2.45) is 0 Å². The van der Waals surface area contributed by atoms with Crippen molar-refractivity contribution in [3.8, 4) is 6.07 Å². The Morgan fingerprint density at radius 3 is 2.87 bits per heavy atom. The van der Waals surface area contributed by atoms with Crippen molar-refractivity contribution < 1.29 is 4.74 Å². The van der Waals surface area contributed by atoms with Crippen molar-refractivity contribution in [1.82, 2.24) is 0 Å². The van der Waals surface area contributed by atoms with Crippen LogP contribution in [0.1, 0.15) is 30.4 Å². The van der Waals surface area contributed by atoms with Crippen molar-refractivity contribution in [2.45, 2.75) is 31.3 Å². The van der Waals surface area contributed by atoms with Crippen molar-refractivity contribution in [2.75, 3.05) is 7.11 Å². The van der Waals surface area contributed by atoms with Crippen LogP contribution in [0.25, 0.3) is 0 Å². The van der Waals surface area contributed by atoms with Gasteiger partial charge in [-0.15, -0.1) is 0 Å². The van der Waals surface area contributed by atoms with E-state index in [4.69, 9.17) is 4.74 Å². The summed E-state index contributed by atoms with van der Waals surface area (Å²) in [5, 5.41) is 9.34. The third-order valence-electron chi connectivity index (χ3n) is 3.21. The molecule has 0 N–H and O–H groups in total. The Hall–Kier alpha value is -1.33. The van der Waals surface area contributed by atoms with E-state index < -0.39 is 5.60 Å². The van der Waals surface area contributed by atoms with Crippen LogP contribution in [0.3, 0.4) is 0 Å². The fourth-order valence-corrected chi connectivity index (χ4v) is 2.33. The Morgan fingerprint density at radius 1 is 1.33 bits per heavy atom. The number of aryl methyl sites for hydroxylation is 1. The Kier molecular flexibility index (Phi) is 2.75. The first-order chi connectivity index (χ1) is 7.32. The van der Waals surface area contributed by atoms with Crippen LogP contribution in [0.4, 0.5) is 0 Å². The summed E-state index contributed by atoms with van der Waals surface area (Å²) < 4.78 is 5.47. The van der Waals surface area contributed by atoms with Gasteiger partial charge in [0.25, 0.3) is 0 Å². The van der Waals surface area contributed by atoms with E-state index in [1.54, 1.807) is 7.11 Å². The van der Waals surface area contributed by atoms with Gasteiger partial charge in [0.2, 0.25) is 0 Å². The van der Waals surface area contributed by atoms with Crippen molar-refractivity contribution in [1.29, 1.82) is 5.26 Å². The molecule has 2 heteroatoms. The predicted molar refractivity (Wildman–Crippen MR) is 58.3 cm³/mol. The van der Waals surface area contributed by atoms with Gasteiger partial charge in [0.1, 0.15) is 6.07 Å². The zero-order valence-electron chi connectivity index (χ0n) is 8.99. The number of nitriles is 1. The quantitative estimate of drug-likeness (QED) is 0.654. The summed E-state index contributed by atoms with van der Waals surface area (Å²) in [6.07, 6.45) is 4.06. The molecule has 1 aromatic carbocycles. The van der Waals surface area contributed by atoms with E-state index in [1.165, 1.54) is 5.56 Å². The maximum Gasteiger partial charge on any atom is 0.179 e. The van der Waals surface area contributed by atoms with E-state index in [-0.39, 0.29) is 0 Å². The second-order valence-corrected chi connectivity index (χ2v) is 4.01. The number of rotatable bonds is 1. The molecule has 0 saturated heterocycles. The maximum atomic E-state index is 9.34. The van der Waals surface area contributed by atoms with Crippen LogP contribution < -0.4 is 0 Å². The molecule has 1 aliphatic carbocycles. The predicted octanol–water partition coefficient (Wildman–Crippen LogP) is 2.78. The molecule has 0 heterocycles. The van der Waals surface area contributed by atoms with Gasteiger partial charge in [-0.1, -0.05) is 24.3 Å². The van der Waals surface area contributed by atoms with Crippen LogP contribution in [-0.2, 0) is 16.8 Å². The maximum absolute atomic E-state index is 9.34. The SMILES string of the molecule is COC1(C#N)CCCCc2ccccc21. The van der Waals surface area contributed by atoms with Crippen LogP contribution in [0.2, 0.25) is 0 Å². The molecule has 2 rings (SSSR count). The molecule has 1 unspecified atom stereocenters. The molecule has 2 nitrogen and oxygen atoms in total. The molecule has 15 heavy (non-hydrogen) atoms. The van der Waals surface area contributed by atoms with E-state index in [9.17, 15) is 5.26 Å². The third kappa shape index (κ3) is 1.64. The minimum absolute atomic E-state index is 0.715. The molecule has 0 radical (unpaired) electrons. The minimum atomic E-state index is -0.715. The van der Waals surface area contributed by atoms with Gasteiger partial charge in [0.05, 0.1) is 0 Å². The molecule has 0 bridgehead atoms. The van der Waals surface area contributed by atoms with E-state index >= 15 is 0 Å². The number of benzene rings is 1. The number of hydrogen-bond donors (Lipinski definition) is 0. The van der Waals surface area contributed by atoms with Crippen molar-refractivity contribution >= 4 is 0 Å². The summed E-state index contributed by atoms with van der Waals surface area (Å²) >= 11 is 0. The van der Waals surface area contributed by atoms with E-state index in [0.29, 0.717) is 0 Å². The minimum Gasteiger partial charge on any atom is -0.359 e. The Bertz CT molecular complexity index is 394. The zero-order valence-corrected chi connectivity index (χ0v) is 8.99. The first-order valence-electron chi connectivity index (χ1n) is 5.37. The molecule has 0 amide bonds. The topological polar surface area (TPSA) is 33.0 Å². The summed E-state index contributed by atoms with van der Waals surface area (Å²) in [5.41, 5.74) is 1.61. The first-order valence-corrected chi connectivity index (χ1v) is 5.37. The first kappa shape index (κ1) is 10.2. The molecule has 1 aliphatic rings. The summed E-state index contributed by atoms with van der Waals surface area (Å²) in [6, 6.07) is 10.5. The molecule has 1 atom stereocenters. The molecule has 0 aromatic heterocycles. The molecule has 0 spiro atoms. The molecular formula is C13H15NO. The lowest BCUT2D eigenvalue weighted by molar-refractivity contribution is 0.0281. The summed E-state index contributed by atoms with van der Waals surface area (Å²) in [5.74, 6) is 0. The fourth-order valence-electron chi connectivity index (χ4n) is 2.33. The monoisotopic (exact) mass is 201 g/mol. The number of methoxy groups -OCH3 is 1. The number of hydrogen-bond acceptors (Lipinski definition) is 2. The third-order valence-corrected chi connectivity index (χ3v) is 3.21. The molecule has 1 aromatic rings. The average Bonchev–Trinajstić information content (AvgIpc) is 2.49. The second kappa shape index (κ2) is 4.04. The Morgan fingerprint density at radius 2 is 2.13 bits per heavy atom. The van der Waals surface area contributed by atoms with E-state index in [0.717, 1.165) is 31.2 Å². The normalized spacial score (nSPS) is 25.1. The number of nitrogens with zero attached hydrogens (tertiary/aromatic N) is 1. The summed E-state index contributed by atoms with van der Waals surface area (Å²) in [7, 11) is 1.63. The second-order valence-electron chi connectivity index (χ2n) is 4.01. The van der Waals surface area contributed by atoms with E-state index in [1.807, 2.05) is 18.2 Å². The summed E-state index contributed by atoms with van der Waals surface area (Å²) in [4.78, 5) is 0. The zero-order chi connectivity index (χ0) is 10.7. The van der Waals surface area contributed by atoms with Crippen LogP contribution >= 0.6 is 0 Å². The van der Waals surface area contributed by atoms with E-state index in [2.05, 4.69) is 12.1 Å². The van der Waals surface area contributed by atoms with Gasteiger partial charge in [0, 0.05) is 12.7 Å². The smallest absolute Gasteiger partial charge is 0.179 e. The fraction of sp³-hybridized carbons (Fsp3) is 0.462. The number of fused-ring (bicyclic) bond motifs is 1. The molecule has 0 aliphatic heterocycles.